The smallest absolute Gasteiger partial charge is 0.336 e. The van der Waals surface area contributed by atoms with E-state index in [9.17, 15) is 19.5 Å². The van der Waals surface area contributed by atoms with Crippen LogP contribution in [0.1, 0.15) is 32.7 Å². The van der Waals surface area contributed by atoms with Crippen LogP contribution in [0.4, 0.5) is 5.69 Å². The molecule has 0 atom stereocenters. The van der Waals surface area contributed by atoms with Gasteiger partial charge in [0.15, 0.2) is 6.33 Å². The Kier molecular flexibility index (Phi) is 16.1. The molecule has 0 unspecified atom stereocenters. The number of fused-ring (bicyclic) bond motifs is 2. The Hall–Kier alpha value is -6.66. The molecule has 0 saturated heterocycles. The second-order valence-electron chi connectivity index (χ2n) is 14.5. The Morgan fingerprint density at radius 3 is 2.06 bits per heavy atom. The van der Waals surface area contributed by atoms with Gasteiger partial charge in [-0.2, -0.15) is 0 Å². The standard InChI is InChI=1S/C45H50N8O9/c1-52(2)33-10-13-36-39(26-33)62-40-27-34(53(3)4)11-14-37(40)42(36)35-12-9-32(25-38(35)45(56)57)44(55)46-16-18-59-20-22-61-24-23-60-21-19-58-17-15-41(54)47-28-30-5-7-31(8-6-30)43-50-48-29-49-51-43/h5-14,25-27,29H,15-24,28H2,1-4H3,(H2-,46,47,54,55,56,57)/p+1. The Balaban J connectivity index is 0.859. The first-order chi connectivity index (χ1) is 30.1. The first-order valence-corrected chi connectivity index (χ1v) is 20.1. The van der Waals surface area contributed by atoms with E-state index in [0.717, 1.165) is 33.1 Å². The number of hydrogen-bond acceptors (Lipinski definition) is 13. The number of carbonyl (C=O) groups is 3. The highest BCUT2D eigenvalue weighted by molar-refractivity contribution is 6.09. The maximum Gasteiger partial charge on any atom is 0.336 e. The van der Waals surface area contributed by atoms with Crippen molar-refractivity contribution >= 4 is 34.4 Å². The predicted octanol–water partition coefficient (Wildman–Crippen LogP) is 3.75. The van der Waals surface area contributed by atoms with E-state index in [2.05, 4.69) is 31.0 Å². The topological polar surface area (TPSA) is 203 Å². The van der Waals surface area contributed by atoms with Crippen molar-refractivity contribution in [2.45, 2.75) is 13.0 Å². The fourth-order valence-corrected chi connectivity index (χ4v) is 6.44. The number of aromatic nitrogens is 4. The normalized spacial score (nSPS) is 11.2. The summed E-state index contributed by atoms with van der Waals surface area (Å²) in [6, 6.07) is 23.8. The van der Waals surface area contributed by atoms with Gasteiger partial charge in [-0.3, -0.25) is 9.59 Å². The Morgan fingerprint density at radius 2 is 1.40 bits per heavy atom. The molecule has 4 aromatic rings. The molecule has 0 saturated carbocycles. The summed E-state index contributed by atoms with van der Waals surface area (Å²) in [7, 11) is 7.77. The number of carboxylic acids is 1. The van der Waals surface area contributed by atoms with E-state index in [-0.39, 0.29) is 43.2 Å². The van der Waals surface area contributed by atoms with Gasteiger partial charge in [0.1, 0.15) is 25.4 Å². The van der Waals surface area contributed by atoms with Gasteiger partial charge in [-0.25, -0.2) is 9.37 Å². The van der Waals surface area contributed by atoms with Crippen LogP contribution in [0.25, 0.3) is 44.8 Å². The number of aromatic carboxylic acids is 1. The largest absolute Gasteiger partial charge is 0.478 e. The molecule has 1 aliphatic heterocycles. The minimum Gasteiger partial charge on any atom is -0.478 e. The zero-order valence-corrected chi connectivity index (χ0v) is 35.3. The van der Waals surface area contributed by atoms with Crippen LogP contribution < -0.4 is 25.5 Å². The van der Waals surface area contributed by atoms with Crippen molar-refractivity contribution in [3.8, 4) is 33.8 Å². The number of nitrogens with zero attached hydrogens (tertiary/aromatic N) is 6. The van der Waals surface area contributed by atoms with Gasteiger partial charge >= 0.3 is 5.97 Å². The van der Waals surface area contributed by atoms with Crippen molar-refractivity contribution < 1.29 is 42.9 Å². The minimum atomic E-state index is -1.15. The number of nitrogens with one attached hydrogen (secondary N) is 2. The molecule has 2 heterocycles. The Morgan fingerprint density at radius 1 is 0.742 bits per heavy atom. The summed E-state index contributed by atoms with van der Waals surface area (Å²) >= 11 is 0. The van der Waals surface area contributed by atoms with E-state index < -0.39 is 11.9 Å². The monoisotopic (exact) mass is 847 g/mol. The van der Waals surface area contributed by atoms with Crippen LogP contribution >= 0.6 is 0 Å². The van der Waals surface area contributed by atoms with Gasteiger partial charge in [0, 0.05) is 79.1 Å². The quantitative estimate of drug-likeness (QED) is 0.0506. The molecule has 2 amide bonds. The second-order valence-corrected chi connectivity index (χ2v) is 14.5. The molecule has 6 rings (SSSR count). The van der Waals surface area contributed by atoms with Crippen LogP contribution in [0.2, 0.25) is 0 Å². The number of hydrogen-bond donors (Lipinski definition) is 3. The van der Waals surface area contributed by atoms with Crippen molar-refractivity contribution in [1.82, 2.24) is 35.6 Å². The van der Waals surface area contributed by atoms with Gasteiger partial charge in [0.25, 0.3) is 5.91 Å². The number of ether oxygens (including phenoxy) is 4. The molecule has 0 fully saturated rings. The predicted molar refractivity (Wildman–Crippen MR) is 232 cm³/mol. The molecule has 3 aromatic carbocycles. The lowest BCUT2D eigenvalue weighted by Crippen LogP contribution is -2.28. The van der Waals surface area contributed by atoms with Gasteiger partial charge in [-0.05, 0) is 41.5 Å². The second kappa shape index (κ2) is 22.3. The lowest BCUT2D eigenvalue weighted by molar-refractivity contribution is -0.122. The highest BCUT2D eigenvalue weighted by atomic mass is 16.6. The summed E-state index contributed by atoms with van der Waals surface area (Å²) in [5, 5.41) is 33.0. The van der Waals surface area contributed by atoms with E-state index in [1.54, 1.807) is 12.1 Å². The summed E-state index contributed by atoms with van der Waals surface area (Å²) in [5.74, 6) is -0.643. The molecule has 17 nitrogen and oxygen atoms in total. The van der Waals surface area contributed by atoms with Crippen molar-refractivity contribution in [3.05, 3.63) is 107 Å². The van der Waals surface area contributed by atoms with E-state index in [4.69, 9.17) is 23.4 Å². The average molecular weight is 848 g/mol. The summed E-state index contributed by atoms with van der Waals surface area (Å²) in [6.07, 6.45) is 1.50. The molecular weight excluding hydrogens is 797 g/mol. The SMILES string of the molecule is CN(C)c1ccc2c(-c3ccc(C(=O)NCCOCCOCCOCCOCCC(=O)NCc4ccc(-c5nncnn5)cc4)cc3C(=O)O)c3ccc(=[N+](C)C)cc-3oc2c1. The van der Waals surface area contributed by atoms with Crippen molar-refractivity contribution in [1.29, 1.82) is 0 Å². The van der Waals surface area contributed by atoms with E-state index in [1.165, 1.54) is 12.4 Å². The molecule has 17 heteroatoms. The molecule has 3 N–H and O–H groups in total. The zero-order chi connectivity index (χ0) is 43.8. The molecule has 1 aliphatic carbocycles. The first kappa shape index (κ1) is 44.9. The number of amides is 2. The summed E-state index contributed by atoms with van der Waals surface area (Å²) in [5.41, 5.74) is 5.42. The molecule has 324 valence electrons. The molecule has 1 aromatic heterocycles. The van der Waals surface area contributed by atoms with Crippen LogP contribution in [0, 0.1) is 0 Å². The molecule has 62 heavy (non-hydrogen) atoms. The zero-order valence-electron chi connectivity index (χ0n) is 35.3. The third-order valence-electron chi connectivity index (χ3n) is 9.73. The van der Waals surface area contributed by atoms with Crippen molar-refractivity contribution in [2.75, 3.05) is 92.5 Å². The highest BCUT2D eigenvalue weighted by Crippen LogP contribution is 2.42. The molecule has 0 spiro atoms. The lowest BCUT2D eigenvalue weighted by atomic mass is 9.89. The maximum atomic E-state index is 13.1. The summed E-state index contributed by atoms with van der Waals surface area (Å²) in [6.45, 7) is 3.27. The fraction of sp³-hybridized carbons (Fsp3) is 0.333. The van der Waals surface area contributed by atoms with Crippen molar-refractivity contribution in [3.63, 3.8) is 0 Å². The number of anilines is 1. The molecule has 2 aliphatic rings. The van der Waals surface area contributed by atoms with E-state index in [0.29, 0.717) is 74.5 Å². The van der Waals surface area contributed by atoms with Gasteiger partial charge in [-0.15, -0.1) is 20.4 Å². The van der Waals surface area contributed by atoms with Crippen LogP contribution in [-0.2, 0) is 30.3 Å². The molecule has 0 radical (unpaired) electrons. The maximum absolute atomic E-state index is 13.1. The van der Waals surface area contributed by atoms with Crippen LogP contribution in [0.5, 0.6) is 0 Å². The third-order valence-corrected chi connectivity index (χ3v) is 9.73. The average Bonchev–Trinajstić information content (AvgIpc) is 3.28. The van der Waals surface area contributed by atoms with Crippen molar-refractivity contribution in [2.24, 2.45) is 0 Å². The van der Waals surface area contributed by atoms with Gasteiger partial charge in [-0.1, -0.05) is 30.3 Å². The van der Waals surface area contributed by atoms with Gasteiger partial charge < -0.3 is 44.0 Å². The Labute approximate surface area is 358 Å². The fourth-order valence-electron chi connectivity index (χ4n) is 6.44. The molecule has 0 bridgehead atoms. The Bertz CT molecular complexity index is 2490. The van der Waals surface area contributed by atoms with Gasteiger partial charge in [0.05, 0.1) is 64.5 Å². The van der Waals surface area contributed by atoms with E-state index in [1.807, 2.05) is 98.3 Å². The van der Waals surface area contributed by atoms with Crippen LogP contribution in [-0.4, -0.2) is 131 Å². The summed E-state index contributed by atoms with van der Waals surface area (Å²) < 4.78 is 30.5. The van der Waals surface area contributed by atoms with E-state index >= 15 is 0 Å². The highest BCUT2D eigenvalue weighted by Gasteiger charge is 2.24. The number of carbonyl (C=O) groups excluding carboxylic acids is 2. The number of rotatable bonds is 22. The minimum absolute atomic E-state index is 0.00282. The lowest BCUT2D eigenvalue weighted by Gasteiger charge is -2.19. The first-order valence-electron chi connectivity index (χ1n) is 20.1. The van der Waals surface area contributed by atoms with Gasteiger partial charge in [0.2, 0.25) is 17.1 Å². The third kappa shape index (κ3) is 12.2. The molecular formula is C45H51N8O9+. The number of benzene rings is 4. The number of carboxylic acid groups (broad SMARTS) is 1. The van der Waals surface area contributed by atoms with Crippen LogP contribution in [0.3, 0.4) is 0 Å². The van der Waals surface area contributed by atoms with Crippen LogP contribution in [0.15, 0.2) is 89.6 Å². The summed E-state index contributed by atoms with van der Waals surface area (Å²) in [4.78, 5) is 40.0.